The Balaban J connectivity index is 2.20. The lowest BCUT2D eigenvalue weighted by molar-refractivity contribution is -0.136. The molecule has 4 heteroatoms. The Bertz CT molecular complexity index is 743. The quantitative estimate of drug-likeness (QED) is 0.792. The first-order valence-corrected chi connectivity index (χ1v) is 6.54. The summed E-state index contributed by atoms with van der Waals surface area (Å²) in [5.74, 6) is 0.316. The second-order valence-electron chi connectivity index (χ2n) is 4.75. The largest absolute Gasteiger partial charge is 0.493 e. The molecule has 1 aromatic rings. The van der Waals surface area contributed by atoms with E-state index in [4.69, 9.17) is 14.3 Å². The number of rotatable bonds is 4. The maximum atomic E-state index is 11.0. The topological polar surface area (TPSA) is 59.7 Å². The van der Waals surface area contributed by atoms with E-state index in [0.717, 1.165) is 16.7 Å². The Morgan fingerprint density at radius 2 is 1.95 bits per heavy atom. The van der Waals surface area contributed by atoms with Crippen LogP contribution in [0.15, 0.2) is 53.1 Å². The highest BCUT2D eigenvalue weighted by molar-refractivity contribution is 5.89. The fraction of sp³-hybridized carbons (Fsp3) is 0.118. The number of hydrogen-bond donors (Lipinski definition) is 1. The van der Waals surface area contributed by atoms with Gasteiger partial charge in [0.15, 0.2) is 5.75 Å². The van der Waals surface area contributed by atoms with E-state index in [1.54, 1.807) is 7.11 Å². The molecule has 0 unspecified atom stereocenters. The van der Waals surface area contributed by atoms with Gasteiger partial charge in [-0.3, -0.25) is 4.79 Å². The number of carbonyl (C=O) groups is 1. The van der Waals surface area contributed by atoms with Crippen molar-refractivity contribution in [3.63, 3.8) is 0 Å². The number of fused-ring (bicyclic) bond motifs is 1. The molecular weight excluding hydrogens is 268 g/mol. The average molecular weight is 282 g/mol. The highest BCUT2D eigenvalue weighted by Gasteiger charge is 2.21. The number of ether oxygens (including phenoxy) is 1. The number of aliphatic carboxylic acids is 1. The summed E-state index contributed by atoms with van der Waals surface area (Å²) in [7, 11) is 1.57. The molecule has 2 aliphatic rings. The lowest BCUT2D eigenvalue weighted by atomic mass is 10.0. The van der Waals surface area contributed by atoms with Gasteiger partial charge in [0, 0.05) is 11.1 Å². The van der Waals surface area contributed by atoms with Crippen LogP contribution in [-0.4, -0.2) is 18.2 Å². The maximum absolute atomic E-state index is 11.0. The predicted molar refractivity (Wildman–Crippen MR) is 78.7 cm³/mol. The summed E-state index contributed by atoms with van der Waals surface area (Å²) in [4.78, 5) is 11.0. The van der Waals surface area contributed by atoms with E-state index in [2.05, 4.69) is 0 Å². The first-order valence-electron chi connectivity index (χ1n) is 6.54. The third-order valence-corrected chi connectivity index (χ3v) is 3.39. The van der Waals surface area contributed by atoms with E-state index in [1.807, 2.05) is 42.5 Å². The van der Waals surface area contributed by atoms with Crippen molar-refractivity contribution in [3.05, 3.63) is 54.3 Å². The molecule has 0 spiro atoms. The van der Waals surface area contributed by atoms with Crippen LogP contribution in [0.25, 0.3) is 22.5 Å². The van der Waals surface area contributed by atoms with E-state index in [-0.39, 0.29) is 6.42 Å². The van der Waals surface area contributed by atoms with Gasteiger partial charge >= 0.3 is 5.97 Å². The van der Waals surface area contributed by atoms with E-state index in [0.29, 0.717) is 17.1 Å². The van der Waals surface area contributed by atoms with Crippen LogP contribution in [0.5, 0.6) is 5.75 Å². The highest BCUT2D eigenvalue weighted by atomic mass is 16.5. The first-order chi connectivity index (χ1) is 10.2. The molecule has 0 saturated carbocycles. The smallest absolute Gasteiger partial charge is 0.307 e. The molecule has 1 aliphatic carbocycles. The fourth-order valence-electron chi connectivity index (χ4n) is 2.45. The van der Waals surface area contributed by atoms with Gasteiger partial charge in [0.25, 0.3) is 0 Å². The Kier molecular flexibility index (Phi) is 3.36. The van der Waals surface area contributed by atoms with Crippen LogP contribution in [-0.2, 0) is 11.2 Å². The summed E-state index contributed by atoms with van der Waals surface area (Å²) in [6.45, 7) is 0. The van der Waals surface area contributed by atoms with E-state index >= 15 is 0 Å². The molecule has 3 rings (SSSR count). The van der Waals surface area contributed by atoms with Crippen molar-refractivity contribution in [2.45, 2.75) is 6.42 Å². The Morgan fingerprint density at radius 3 is 2.62 bits per heavy atom. The van der Waals surface area contributed by atoms with Crippen LogP contribution >= 0.6 is 0 Å². The number of carboxylic acid groups (broad SMARTS) is 1. The van der Waals surface area contributed by atoms with Crippen molar-refractivity contribution in [2.24, 2.45) is 0 Å². The summed E-state index contributed by atoms with van der Waals surface area (Å²) < 4.78 is 10.8. The SMILES string of the molecule is COc1coc2c(CC(=O)O)cc(-c3ccccc3)c-2c1. The lowest BCUT2D eigenvalue weighted by Crippen LogP contribution is -1.99. The molecule has 0 amide bonds. The van der Waals surface area contributed by atoms with Crippen molar-refractivity contribution < 1.29 is 19.1 Å². The molecular formula is C17H14O4. The van der Waals surface area contributed by atoms with Crippen LogP contribution in [0.1, 0.15) is 5.56 Å². The molecule has 21 heavy (non-hydrogen) atoms. The van der Waals surface area contributed by atoms with Gasteiger partial charge in [-0.1, -0.05) is 30.3 Å². The van der Waals surface area contributed by atoms with Gasteiger partial charge in [-0.2, -0.15) is 0 Å². The first kappa shape index (κ1) is 13.2. The second kappa shape index (κ2) is 5.32. The molecule has 1 aliphatic heterocycles. The zero-order valence-corrected chi connectivity index (χ0v) is 11.5. The Labute approximate surface area is 121 Å². The van der Waals surface area contributed by atoms with Crippen LogP contribution in [0.4, 0.5) is 0 Å². The van der Waals surface area contributed by atoms with Gasteiger partial charge in [-0.05, 0) is 23.3 Å². The zero-order valence-electron chi connectivity index (χ0n) is 11.5. The molecule has 0 radical (unpaired) electrons. The van der Waals surface area contributed by atoms with E-state index < -0.39 is 5.97 Å². The Morgan fingerprint density at radius 1 is 1.19 bits per heavy atom. The van der Waals surface area contributed by atoms with Crippen LogP contribution < -0.4 is 4.74 Å². The average Bonchev–Trinajstić information content (AvgIpc) is 2.85. The number of hydrogen-bond acceptors (Lipinski definition) is 3. The summed E-state index contributed by atoms with van der Waals surface area (Å²) in [6.07, 6.45) is 1.42. The van der Waals surface area contributed by atoms with E-state index in [9.17, 15) is 4.79 Å². The minimum Gasteiger partial charge on any atom is -0.493 e. The lowest BCUT2D eigenvalue weighted by Gasteiger charge is -2.07. The van der Waals surface area contributed by atoms with Gasteiger partial charge in [0.05, 0.1) is 13.5 Å². The van der Waals surface area contributed by atoms with Crippen LogP contribution in [0.2, 0.25) is 0 Å². The molecule has 0 aromatic heterocycles. The predicted octanol–water partition coefficient (Wildman–Crippen LogP) is 3.69. The molecule has 4 nitrogen and oxygen atoms in total. The molecule has 1 heterocycles. The summed E-state index contributed by atoms with van der Waals surface area (Å²) >= 11 is 0. The van der Waals surface area contributed by atoms with Crippen molar-refractivity contribution in [2.75, 3.05) is 7.11 Å². The Hall–Kier alpha value is -2.75. The minimum absolute atomic E-state index is 0.0703. The van der Waals surface area contributed by atoms with Crippen LogP contribution in [0, 0.1) is 0 Å². The molecule has 0 atom stereocenters. The molecule has 1 aromatic carbocycles. The van der Waals surface area contributed by atoms with Crippen molar-refractivity contribution >= 4 is 5.97 Å². The highest BCUT2D eigenvalue weighted by Crippen LogP contribution is 2.41. The van der Waals surface area contributed by atoms with E-state index in [1.165, 1.54) is 6.26 Å². The summed E-state index contributed by atoms with van der Waals surface area (Å²) in [6, 6.07) is 13.5. The molecule has 0 fully saturated rings. The van der Waals surface area contributed by atoms with Crippen molar-refractivity contribution in [3.8, 4) is 28.2 Å². The zero-order chi connectivity index (χ0) is 14.8. The third kappa shape index (κ3) is 2.48. The minimum atomic E-state index is -0.882. The molecule has 106 valence electrons. The summed E-state index contributed by atoms with van der Waals surface area (Å²) in [5.41, 5.74) is 3.49. The van der Waals surface area contributed by atoms with Gasteiger partial charge < -0.3 is 14.3 Å². The second-order valence-corrected chi connectivity index (χ2v) is 4.75. The number of carboxylic acids is 1. The maximum Gasteiger partial charge on any atom is 0.307 e. The number of benzene rings is 1. The van der Waals surface area contributed by atoms with Crippen molar-refractivity contribution in [1.82, 2.24) is 0 Å². The monoisotopic (exact) mass is 282 g/mol. The fourth-order valence-corrected chi connectivity index (χ4v) is 2.45. The van der Waals surface area contributed by atoms with Gasteiger partial charge in [-0.15, -0.1) is 0 Å². The summed E-state index contributed by atoms with van der Waals surface area (Å²) in [5, 5.41) is 9.04. The molecule has 1 N–H and O–H groups in total. The number of methoxy groups -OCH3 is 1. The third-order valence-electron chi connectivity index (χ3n) is 3.39. The van der Waals surface area contributed by atoms with Gasteiger partial charge in [-0.25, -0.2) is 0 Å². The molecule has 0 bridgehead atoms. The molecule has 0 saturated heterocycles. The van der Waals surface area contributed by atoms with Gasteiger partial charge in [0.2, 0.25) is 0 Å². The standard InChI is InChI=1S/C17H14O4/c1-20-13-9-15-14(11-5-3-2-4-6-11)7-12(8-16(18)19)17(15)21-10-13/h2-7,9-10H,8H2,1H3,(H,18,19). The van der Waals surface area contributed by atoms with Crippen LogP contribution in [0.3, 0.4) is 0 Å². The normalized spacial score (nSPS) is 10.7. The van der Waals surface area contributed by atoms with Crippen molar-refractivity contribution in [1.29, 1.82) is 0 Å². The van der Waals surface area contributed by atoms with Gasteiger partial charge in [0.1, 0.15) is 12.0 Å².